The topological polar surface area (TPSA) is 65.7 Å². The van der Waals surface area contributed by atoms with Crippen molar-refractivity contribution in [2.45, 2.75) is 12.3 Å². The second-order valence-corrected chi connectivity index (χ2v) is 5.43. The van der Waals surface area contributed by atoms with Crippen molar-refractivity contribution in [1.82, 2.24) is 9.97 Å². The number of H-pyrrole nitrogens is 2. The normalized spacial score (nSPS) is 12.5. The van der Waals surface area contributed by atoms with Crippen LogP contribution in [0.4, 0.5) is 0 Å². The summed E-state index contributed by atoms with van der Waals surface area (Å²) in [5.74, 6) is 0. The van der Waals surface area contributed by atoms with E-state index < -0.39 is 11.1 Å². The van der Waals surface area contributed by atoms with E-state index in [1.165, 1.54) is 0 Å². The maximum Gasteiger partial charge on any atom is 0.314 e. The van der Waals surface area contributed by atoms with Gasteiger partial charge in [-0.15, -0.1) is 11.6 Å². The Morgan fingerprint density at radius 1 is 0.905 bits per heavy atom. The molecule has 4 nitrogen and oxygen atoms in total. The number of benzene rings is 2. The summed E-state index contributed by atoms with van der Waals surface area (Å²) in [6, 6.07) is 13.3. The van der Waals surface area contributed by atoms with Gasteiger partial charge in [-0.25, -0.2) is 0 Å². The van der Waals surface area contributed by atoms with E-state index in [2.05, 4.69) is 9.97 Å². The summed E-state index contributed by atoms with van der Waals surface area (Å²) >= 11 is 6.51. The van der Waals surface area contributed by atoms with Crippen LogP contribution >= 0.6 is 11.6 Å². The number of halogens is 1. The number of alkyl halides is 1. The van der Waals surface area contributed by atoms with E-state index in [9.17, 15) is 9.59 Å². The number of rotatable bonds is 2. The van der Waals surface area contributed by atoms with Crippen LogP contribution in [0.25, 0.3) is 11.0 Å². The van der Waals surface area contributed by atoms with Gasteiger partial charge in [0.25, 0.3) is 0 Å². The first kappa shape index (κ1) is 13.6. The third-order valence-electron chi connectivity index (χ3n) is 3.37. The maximum atomic E-state index is 11.4. The zero-order chi connectivity index (χ0) is 15.0. The van der Waals surface area contributed by atoms with E-state index in [1.54, 1.807) is 12.1 Å². The summed E-state index contributed by atoms with van der Waals surface area (Å²) in [7, 11) is 0. The Hall–Kier alpha value is -2.33. The molecule has 0 aliphatic carbocycles. The molecule has 2 N–H and O–H groups in total. The van der Waals surface area contributed by atoms with Gasteiger partial charge >= 0.3 is 11.1 Å². The van der Waals surface area contributed by atoms with Crippen LogP contribution in [0.1, 0.15) is 22.1 Å². The summed E-state index contributed by atoms with van der Waals surface area (Å²) < 4.78 is 0. The number of nitrogens with one attached hydrogen (secondary N) is 2. The van der Waals surface area contributed by atoms with Gasteiger partial charge in [0.05, 0.1) is 16.4 Å². The average molecular weight is 301 g/mol. The molecule has 0 bridgehead atoms. The second-order valence-electron chi connectivity index (χ2n) is 4.99. The van der Waals surface area contributed by atoms with Gasteiger partial charge in [0.15, 0.2) is 0 Å². The third kappa shape index (κ3) is 2.62. The molecule has 0 spiro atoms. The number of hydrogen-bond acceptors (Lipinski definition) is 2. The van der Waals surface area contributed by atoms with Gasteiger partial charge < -0.3 is 9.97 Å². The molecule has 21 heavy (non-hydrogen) atoms. The van der Waals surface area contributed by atoms with Crippen LogP contribution in [0.15, 0.2) is 52.1 Å². The van der Waals surface area contributed by atoms with Crippen LogP contribution in [-0.2, 0) is 0 Å². The zero-order valence-electron chi connectivity index (χ0n) is 11.3. The largest absolute Gasteiger partial charge is 0.316 e. The molecule has 1 heterocycles. The molecule has 0 aliphatic rings. The molecule has 0 radical (unpaired) electrons. The molecule has 106 valence electrons. The molecule has 1 aromatic heterocycles. The Labute approximate surface area is 125 Å². The first-order chi connectivity index (χ1) is 10.0. The van der Waals surface area contributed by atoms with Crippen LogP contribution in [0.5, 0.6) is 0 Å². The Balaban J connectivity index is 2.10. The maximum absolute atomic E-state index is 11.4. The standard InChI is InChI=1S/C16H13ClN2O2/c1-9-3-2-4-10(7-9)14(17)11-5-6-12-13(8-11)19-16(21)15(20)18-12/h2-8,14H,1H3,(H,18,20)(H,19,21). The van der Waals surface area contributed by atoms with Crippen molar-refractivity contribution in [2.75, 3.05) is 0 Å². The van der Waals surface area contributed by atoms with E-state index in [1.807, 2.05) is 37.3 Å². The Morgan fingerprint density at radius 3 is 2.29 bits per heavy atom. The van der Waals surface area contributed by atoms with Gasteiger partial charge in [0.1, 0.15) is 0 Å². The molecule has 1 unspecified atom stereocenters. The van der Waals surface area contributed by atoms with Gasteiger partial charge in [-0.3, -0.25) is 9.59 Å². The molecular weight excluding hydrogens is 288 g/mol. The molecule has 0 fully saturated rings. The molecule has 0 amide bonds. The third-order valence-corrected chi connectivity index (χ3v) is 3.88. The SMILES string of the molecule is Cc1cccc(C(Cl)c2ccc3[nH]c(=O)c(=O)[nH]c3c2)c1. The Bertz CT molecular complexity index is 927. The summed E-state index contributed by atoms with van der Waals surface area (Å²) in [6.07, 6.45) is 0. The van der Waals surface area contributed by atoms with Crippen molar-refractivity contribution >= 4 is 22.6 Å². The summed E-state index contributed by atoms with van der Waals surface area (Å²) in [4.78, 5) is 27.8. The van der Waals surface area contributed by atoms with Gasteiger partial charge in [0, 0.05) is 0 Å². The van der Waals surface area contributed by atoms with Gasteiger partial charge in [-0.05, 0) is 30.2 Å². The minimum absolute atomic E-state index is 0.315. The number of aromatic nitrogens is 2. The van der Waals surface area contributed by atoms with Crippen molar-refractivity contribution in [3.05, 3.63) is 79.9 Å². The number of aryl methyl sites for hydroxylation is 1. The number of hydrogen-bond donors (Lipinski definition) is 2. The first-order valence-electron chi connectivity index (χ1n) is 6.51. The van der Waals surface area contributed by atoms with E-state index >= 15 is 0 Å². The molecule has 1 atom stereocenters. The lowest BCUT2D eigenvalue weighted by Gasteiger charge is -2.11. The highest BCUT2D eigenvalue weighted by Gasteiger charge is 2.12. The molecule has 5 heteroatoms. The number of aromatic amines is 2. The quantitative estimate of drug-likeness (QED) is 0.564. The molecule has 0 saturated heterocycles. The highest BCUT2D eigenvalue weighted by atomic mass is 35.5. The lowest BCUT2D eigenvalue weighted by molar-refractivity contribution is 1.11. The fourth-order valence-corrected chi connectivity index (χ4v) is 2.58. The Morgan fingerprint density at radius 2 is 1.57 bits per heavy atom. The van der Waals surface area contributed by atoms with Crippen molar-refractivity contribution < 1.29 is 0 Å². The van der Waals surface area contributed by atoms with Crippen molar-refractivity contribution in [3.63, 3.8) is 0 Å². The van der Waals surface area contributed by atoms with Gasteiger partial charge in [0.2, 0.25) is 0 Å². The lowest BCUT2D eigenvalue weighted by atomic mass is 10.0. The van der Waals surface area contributed by atoms with Crippen molar-refractivity contribution in [2.24, 2.45) is 0 Å². The lowest BCUT2D eigenvalue weighted by Crippen LogP contribution is -2.28. The monoisotopic (exact) mass is 300 g/mol. The molecular formula is C16H13ClN2O2. The molecule has 2 aromatic carbocycles. The summed E-state index contributed by atoms with van der Waals surface area (Å²) in [5, 5.41) is -0.315. The molecule has 0 aliphatic heterocycles. The fourth-order valence-electron chi connectivity index (χ4n) is 2.31. The second kappa shape index (κ2) is 5.22. The van der Waals surface area contributed by atoms with E-state index in [0.29, 0.717) is 11.0 Å². The van der Waals surface area contributed by atoms with E-state index in [4.69, 9.17) is 11.6 Å². The summed E-state index contributed by atoms with van der Waals surface area (Å²) in [6.45, 7) is 2.01. The van der Waals surface area contributed by atoms with Crippen LogP contribution in [0.2, 0.25) is 0 Å². The van der Waals surface area contributed by atoms with Crippen LogP contribution < -0.4 is 11.1 Å². The van der Waals surface area contributed by atoms with Crippen molar-refractivity contribution in [1.29, 1.82) is 0 Å². The van der Waals surface area contributed by atoms with E-state index in [0.717, 1.165) is 16.7 Å². The molecule has 3 rings (SSSR count). The smallest absolute Gasteiger partial charge is 0.314 e. The minimum atomic E-state index is -0.665. The van der Waals surface area contributed by atoms with Crippen LogP contribution in [-0.4, -0.2) is 9.97 Å². The van der Waals surface area contributed by atoms with Gasteiger partial charge in [-0.2, -0.15) is 0 Å². The summed E-state index contributed by atoms with van der Waals surface area (Å²) in [5.41, 5.74) is 2.81. The average Bonchev–Trinajstić information content (AvgIpc) is 2.47. The fraction of sp³-hybridized carbons (Fsp3) is 0.125. The van der Waals surface area contributed by atoms with E-state index in [-0.39, 0.29) is 5.38 Å². The predicted molar refractivity (Wildman–Crippen MR) is 84.1 cm³/mol. The zero-order valence-corrected chi connectivity index (χ0v) is 12.1. The number of fused-ring (bicyclic) bond motifs is 1. The van der Waals surface area contributed by atoms with Gasteiger partial charge in [-0.1, -0.05) is 35.9 Å². The highest BCUT2D eigenvalue weighted by molar-refractivity contribution is 6.22. The molecule has 0 saturated carbocycles. The highest BCUT2D eigenvalue weighted by Crippen LogP contribution is 2.30. The van der Waals surface area contributed by atoms with Crippen molar-refractivity contribution in [3.8, 4) is 0 Å². The van der Waals surface area contributed by atoms with Crippen LogP contribution in [0.3, 0.4) is 0 Å². The Kier molecular flexibility index (Phi) is 3.39. The minimum Gasteiger partial charge on any atom is -0.316 e. The predicted octanol–water partition coefficient (Wildman–Crippen LogP) is 2.85. The van der Waals surface area contributed by atoms with Crippen LogP contribution in [0, 0.1) is 6.92 Å². The molecule has 3 aromatic rings. The first-order valence-corrected chi connectivity index (χ1v) is 6.95.